The van der Waals surface area contributed by atoms with Gasteiger partial charge in [0.25, 0.3) is 5.91 Å². The molecular weight excluding hydrogens is 563 g/mol. The molecule has 1 aliphatic carbocycles. The number of halogens is 3. The molecular formula is C29H28F3N9O2. The Morgan fingerprint density at radius 1 is 1.07 bits per heavy atom. The van der Waals surface area contributed by atoms with Gasteiger partial charge in [-0.25, -0.2) is 19.6 Å². The van der Waals surface area contributed by atoms with Crippen LogP contribution >= 0.6 is 0 Å². The Bertz CT molecular complexity index is 1700. The van der Waals surface area contributed by atoms with Gasteiger partial charge in [0.2, 0.25) is 5.91 Å². The van der Waals surface area contributed by atoms with Crippen LogP contribution < -0.4 is 16.4 Å². The monoisotopic (exact) mass is 591 g/mol. The van der Waals surface area contributed by atoms with Gasteiger partial charge in [0, 0.05) is 49.1 Å². The van der Waals surface area contributed by atoms with Crippen molar-refractivity contribution in [3.63, 3.8) is 0 Å². The summed E-state index contributed by atoms with van der Waals surface area (Å²) in [7, 11) is 0. The molecule has 3 aromatic heterocycles. The molecule has 0 bridgehead atoms. The van der Waals surface area contributed by atoms with Crippen molar-refractivity contribution in [3.05, 3.63) is 72.2 Å². The van der Waals surface area contributed by atoms with Gasteiger partial charge >= 0.3 is 6.18 Å². The second-order valence-corrected chi connectivity index (χ2v) is 10.5. The molecule has 0 radical (unpaired) electrons. The summed E-state index contributed by atoms with van der Waals surface area (Å²) in [4.78, 5) is 39.6. The second-order valence-electron chi connectivity index (χ2n) is 10.5. The van der Waals surface area contributed by atoms with E-state index in [1.54, 1.807) is 27.8 Å². The molecule has 4 heterocycles. The number of rotatable bonds is 8. The fraction of sp³-hybridized carbons (Fsp3) is 0.310. The van der Waals surface area contributed by atoms with E-state index in [1.807, 2.05) is 6.08 Å². The molecule has 1 saturated heterocycles. The van der Waals surface area contributed by atoms with Crippen LogP contribution in [0.5, 0.6) is 0 Å². The van der Waals surface area contributed by atoms with Crippen molar-refractivity contribution in [2.45, 2.75) is 37.5 Å². The molecule has 11 nitrogen and oxygen atoms in total. The third-order valence-electron chi connectivity index (χ3n) is 7.45. The molecule has 1 aliphatic heterocycles. The molecule has 2 amide bonds. The van der Waals surface area contributed by atoms with Crippen molar-refractivity contribution in [3.8, 4) is 11.3 Å². The van der Waals surface area contributed by atoms with E-state index < -0.39 is 17.6 Å². The summed E-state index contributed by atoms with van der Waals surface area (Å²) in [6, 6.07) is 8.44. The van der Waals surface area contributed by atoms with Crippen LogP contribution in [0.15, 0.2) is 61.1 Å². The number of aromatic nitrogens is 5. The summed E-state index contributed by atoms with van der Waals surface area (Å²) in [5.74, 6) is -0.654. The van der Waals surface area contributed by atoms with Crippen molar-refractivity contribution in [2.24, 2.45) is 0 Å². The lowest BCUT2D eigenvalue weighted by molar-refractivity contribution is -0.137. The highest BCUT2D eigenvalue weighted by atomic mass is 19.4. The van der Waals surface area contributed by atoms with Gasteiger partial charge in [-0.15, -0.1) is 0 Å². The molecule has 222 valence electrons. The topological polar surface area (TPSA) is 144 Å². The number of nitrogens with one attached hydrogen (secondary N) is 2. The molecule has 0 spiro atoms. The molecule has 6 rings (SSSR count). The van der Waals surface area contributed by atoms with E-state index >= 15 is 0 Å². The molecule has 4 N–H and O–H groups in total. The Hall–Kier alpha value is -4.85. The number of benzene rings is 1. The maximum Gasteiger partial charge on any atom is 0.416 e. The lowest BCUT2D eigenvalue weighted by atomic mass is 10.1. The number of hydrogen-bond donors (Lipinski definition) is 3. The smallest absolute Gasteiger partial charge is 0.383 e. The number of carbonyl (C=O) groups excluding carboxylic acids is 2. The zero-order chi connectivity index (χ0) is 30.1. The van der Waals surface area contributed by atoms with E-state index in [-0.39, 0.29) is 29.1 Å². The van der Waals surface area contributed by atoms with E-state index in [4.69, 9.17) is 10.8 Å². The standard InChI is InChI=1S/C29H28F3N9O2/c30-29(31,32)19-9-12-35-22(14-19)38-28(43)18-5-3-17(4-6-18)25-24-26(33)36-16-37-27(24)41(39-25)21-10-13-40(15-21)23(42)2-1-11-34-20-7-8-20/h1-6,9,12,14,16,20-21,34H,7-8,10-11,13,15H2,(H2,33,36,37)(H,35,38,43)/b2-1+/t21-/m1/s1. The predicted octanol–water partition coefficient (Wildman–Crippen LogP) is 3.82. The second kappa shape index (κ2) is 11.4. The Morgan fingerprint density at radius 3 is 2.60 bits per heavy atom. The Labute approximate surface area is 244 Å². The number of likely N-dealkylation sites (tertiary alicyclic amines) is 1. The number of nitrogen functional groups attached to an aromatic ring is 1. The van der Waals surface area contributed by atoms with E-state index in [1.165, 1.54) is 31.3 Å². The van der Waals surface area contributed by atoms with Gasteiger partial charge in [-0.05, 0) is 43.5 Å². The highest BCUT2D eigenvalue weighted by molar-refractivity contribution is 6.04. The van der Waals surface area contributed by atoms with E-state index in [9.17, 15) is 22.8 Å². The van der Waals surface area contributed by atoms with Crippen LogP contribution in [0.4, 0.5) is 24.8 Å². The third-order valence-corrected chi connectivity index (χ3v) is 7.45. The van der Waals surface area contributed by atoms with E-state index in [0.717, 1.165) is 18.3 Å². The van der Waals surface area contributed by atoms with Gasteiger partial charge in [-0.2, -0.15) is 18.3 Å². The molecule has 4 aromatic rings. The quantitative estimate of drug-likeness (QED) is 0.263. The largest absolute Gasteiger partial charge is 0.416 e. The SMILES string of the molecule is Nc1ncnc2c1c(-c1ccc(C(=O)Nc3cc(C(F)(F)F)ccn3)cc1)nn2[C@@H]1CCN(C(=O)/C=C/CNC2CC2)C1. The number of carbonyl (C=O) groups is 2. The summed E-state index contributed by atoms with van der Waals surface area (Å²) in [6.45, 7) is 1.70. The number of nitrogens with two attached hydrogens (primary N) is 1. The van der Waals surface area contributed by atoms with Crippen molar-refractivity contribution >= 4 is 34.5 Å². The highest BCUT2D eigenvalue weighted by Crippen LogP contribution is 2.34. The molecule has 2 aliphatic rings. The first-order valence-corrected chi connectivity index (χ1v) is 13.8. The van der Waals surface area contributed by atoms with Crippen molar-refractivity contribution in [1.29, 1.82) is 0 Å². The van der Waals surface area contributed by atoms with Gasteiger partial charge in [0.1, 0.15) is 23.7 Å². The van der Waals surface area contributed by atoms with Crippen LogP contribution in [0, 0.1) is 0 Å². The minimum Gasteiger partial charge on any atom is -0.383 e. The lowest BCUT2D eigenvalue weighted by Gasteiger charge is -2.15. The number of hydrogen-bond acceptors (Lipinski definition) is 8. The van der Waals surface area contributed by atoms with Gasteiger partial charge in [-0.1, -0.05) is 18.2 Å². The minimum absolute atomic E-state index is 0.0554. The summed E-state index contributed by atoms with van der Waals surface area (Å²) < 4.78 is 40.8. The fourth-order valence-corrected chi connectivity index (χ4v) is 5.02. The summed E-state index contributed by atoms with van der Waals surface area (Å²) in [5, 5.41) is 11.1. The predicted molar refractivity (Wildman–Crippen MR) is 153 cm³/mol. The van der Waals surface area contributed by atoms with Crippen molar-refractivity contribution in [1.82, 2.24) is 34.9 Å². The van der Waals surface area contributed by atoms with Crippen LogP contribution in [-0.2, 0) is 11.0 Å². The first-order chi connectivity index (χ1) is 20.7. The molecule has 2 fully saturated rings. The highest BCUT2D eigenvalue weighted by Gasteiger charge is 2.32. The number of amides is 2. The Kier molecular flexibility index (Phi) is 7.52. The Balaban J connectivity index is 1.19. The summed E-state index contributed by atoms with van der Waals surface area (Å²) in [5.41, 5.74) is 7.22. The normalized spacial score (nSPS) is 17.2. The van der Waals surface area contributed by atoms with E-state index in [0.29, 0.717) is 54.4 Å². The van der Waals surface area contributed by atoms with Crippen molar-refractivity contribution < 1.29 is 22.8 Å². The molecule has 14 heteroatoms. The van der Waals surface area contributed by atoms with Gasteiger partial charge in [0.05, 0.1) is 17.0 Å². The van der Waals surface area contributed by atoms with Crippen LogP contribution in [0.3, 0.4) is 0 Å². The number of alkyl halides is 3. The minimum atomic E-state index is -4.56. The molecule has 0 unspecified atom stereocenters. The van der Waals surface area contributed by atoms with Crippen LogP contribution in [0.1, 0.15) is 41.2 Å². The van der Waals surface area contributed by atoms with Gasteiger partial charge < -0.3 is 21.3 Å². The summed E-state index contributed by atoms with van der Waals surface area (Å²) in [6.07, 6.45) is 4.30. The summed E-state index contributed by atoms with van der Waals surface area (Å²) >= 11 is 0. The maximum atomic E-state index is 13.0. The third kappa shape index (κ3) is 6.18. The molecule has 1 aromatic carbocycles. The van der Waals surface area contributed by atoms with E-state index in [2.05, 4.69) is 25.6 Å². The molecule has 1 atom stereocenters. The fourth-order valence-electron chi connectivity index (χ4n) is 5.02. The maximum absolute atomic E-state index is 13.0. The zero-order valence-corrected chi connectivity index (χ0v) is 22.9. The van der Waals surface area contributed by atoms with Crippen molar-refractivity contribution in [2.75, 3.05) is 30.7 Å². The number of nitrogens with zero attached hydrogens (tertiary/aromatic N) is 6. The first kappa shape index (κ1) is 28.3. The van der Waals surface area contributed by atoms with Crippen LogP contribution in [-0.4, -0.2) is 67.1 Å². The zero-order valence-electron chi connectivity index (χ0n) is 22.9. The van der Waals surface area contributed by atoms with Gasteiger partial charge in [-0.3, -0.25) is 9.59 Å². The average Bonchev–Trinajstić information content (AvgIpc) is 3.53. The van der Waals surface area contributed by atoms with Crippen LogP contribution in [0.25, 0.3) is 22.3 Å². The number of anilines is 2. The number of pyridine rings is 1. The average molecular weight is 592 g/mol. The molecule has 1 saturated carbocycles. The van der Waals surface area contributed by atoms with Crippen LogP contribution in [0.2, 0.25) is 0 Å². The lowest BCUT2D eigenvalue weighted by Crippen LogP contribution is -2.28. The first-order valence-electron chi connectivity index (χ1n) is 13.8. The number of fused-ring (bicyclic) bond motifs is 1. The Morgan fingerprint density at radius 2 is 1.86 bits per heavy atom. The molecule has 43 heavy (non-hydrogen) atoms. The van der Waals surface area contributed by atoms with Gasteiger partial charge in [0.15, 0.2) is 5.65 Å².